The van der Waals surface area contributed by atoms with Gasteiger partial charge in [-0.25, -0.2) is 0 Å². The molecule has 1 aromatic heterocycles. The molecule has 0 radical (unpaired) electrons. The van der Waals surface area contributed by atoms with Gasteiger partial charge in [-0.05, 0) is 54.3 Å². The Morgan fingerprint density at radius 3 is 2.28 bits per heavy atom. The second-order valence-electron chi connectivity index (χ2n) is 8.36. The van der Waals surface area contributed by atoms with Crippen LogP contribution in [0.25, 0.3) is 11.5 Å². The van der Waals surface area contributed by atoms with Crippen molar-refractivity contribution < 1.29 is 14.4 Å². The smallest absolute Gasteiger partial charge is 0.288 e. The van der Waals surface area contributed by atoms with Gasteiger partial charge in [0.15, 0.2) is 23.1 Å². The molecule has 0 spiro atoms. The third-order valence-electron chi connectivity index (χ3n) is 4.91. The lowest BCUT2D eigenvalue weighted by Crippen LogP contribution is -2.39. The Bertz CT molecular complexity index is 1120. The van der Waals surface area contributed by atoms with Gasteiger partial charge in [0.25, 0.3) is 5.70 Å². The van der Waals surface area contributed by atoms with Crippen LogP contribution in [0.3, 0.4) is 0 Å². The van der Waals surface area contributed by atoms with Crippen LogP contribution in [0.5, 0.6) is 5.75 Å². The van der Waals surface area contributed by atoms with Crippen molar-refractivity contribution in [1.29, 1.82) is 0 Å². The van der Waals surface area contributed by atoms with E-state index in [1.165, 1.54) is 5.56 Å². The molecule has 1 heterocycles. The highest BCUT2D eigenvalue weighted by Gasteiger charge is 2.25. The second kappa shape index (κ2) is 10.2. The van der Waals surface area contributed by atoms with E-state index in [-0.39, 0.29) is 11.2 Å². The van der Waals surface area contributed by atoms with E-state index in [2.05, 4.69) is 26.1 Å². The zero-order valence-corrected chi connectivity index (χ0v) is 20.3. The van der Waals surface area contributed by atoms with Gasteiger partial charge in [-0.2, -0.15) is 4.57 Å². The molecule has 0 amide bonds. The Balaban J connectivity index is 2.02. The molecule has 0 bridgehead atoms. The summed E-state index contributed by atoms with van der Waals surface area (Å²) < 4.78 is 7.32. The van der Waals surface area contributed by atoms with E-state index in [1.54, 1.807) is 24.3 Å². The molecule has 0 aliphatic heterocycles. The van der Waals surface area contributed by atoms with Gasteiger partial charge in [-0.3, -0.25) is 0 Å². The van der Waals surface area contributed by atoms with E-state index >= 15 is 0 Å². The highest BCUT2D eigenvalue weighted by molar-refractivity contribution is 7.81. The minimum Gasteiger partial charge on any atom is -0.502 e. The maximum absolute atomic E-state index is 11.2. The first-order valence-corrected chi connectivity index (χ1v) is 11.2. The molecule has 166 valence electrons. The van der Waals surface area contributed by atoms with Gasteiger partial charge in [0, 0.05) is 28.4 Å². The molecule has 0 aliphatic rings. The number of nitrogens with one attached hydrogen (secondary N) is 1. The molecule has 6 heteroatoms. The molecule has 0 aliphatic carbocycles. The van der Waals surface area contributed by atoms with E-state index in [0.717, 1.165) is 11.4 Å². The summed E-state index contributed by atoms with van der Waals surface area (Å²) in [5.74, 6) is 0.818. The highest BCUT2D eigenvalue weighted by Crippen LogP contribution is 2.24. The van der Waals surface area contributed by atoms with E-state index in [1.807, 2.05) is 60.3 Å². The quantitative estimate of drug-likeness (QED) is 0.184. The number of anilines is 1. The first kappa shape index (κ1) is 23.8. The van der Waals surface area contributed by atoms with Crippen molar-refractivity contribution >= 4 is 46.0 Å². The molecule has 0 saturated carbocycles. The summed E-state index contributed by atoms with van der Waals surface area (Å²) in [6, 6.07) is 18.7. The third-order valence-corrected chi connectivity index (χ3v) is 5.44. The molecule has 2 aromatic carbocycles. The van der Waals surface area contributed by atoms with Crippen molar-refractivity contribution in [2.75, 3.05) is 11.9 Å². The monoisotopic (exact) mass is 467 g/mol. The van der Waals surface area contributed by atoms with Crippen LogP contribution in [0.4, 0.5) is 5.69 Å². The van der Waals surface area contributed by atoms with E-state index < -0.39 is 0 Å². The van der Waals surface area contributed by atoms with Crippen LogP contribution in [0, 0.1) is 0 Å². The van der Waals surface area contributed by atoms with Gasteiger partial charge < -0.3 is 15.2 Å². The first-order valence-electron chi connectivity index (χ1n) is 10.4. The molecule has 0 saturated heterocycles. The van der Waals surface area contributed by atoms with E-state index in [0.29, 0.717) is 27.9 Å². The van der Waals surface area contributed by atoms with Crippen LogP contribution in [0.2, 0.25) is 5.02 Å². The summed E-state index contributed by atoms with van der Waals surface area (Å²) >= 11 is 11.9. The molecule has 4 nitrogen and oxygen atoms in total. The molecule has 3 aromatic rings. The molecule has 0 fully saturated rings. The van der Waals surface area contributed by atoms with Crippen LogP contribution >= 0.6 is 23.8 Å². The number of aromatic nitrogens is 1. The predicted molar refractivity (Wildman–Crippen MR) is 136 cm³/mol. The average Bonchev–Trinajstić information content (AvgIpc) is 2.75. The van der Waals surface area contributed by atoms with Crippen molar-refractivity contribution in [3.63, 3.8) is 0 Å². The number of rotatable bonds is 6. The van der Waals surface area contributed by atoms with Gasteiger partial charge >= 0.3 is 0 Å². The summed E-state index contributed by atoms with van der Waals surface area (Å²) in [6.45, 7) is 9.02. The lowest BCUT2D eigenvalue weighted by Gasteiger charge is -2.18. The van der Waals surface area contributed by atoms with Gasteiger partial charge in [0.2, 0.25) is 0 Å². The summed E-state index contributed by atoms with van der Waals surface area (Å²) in [5, 5.41) is 15.0. The fourth-order valence-electron chi connectivity index (χ4n) is 3.19. The normalized spacial score (nSPS) is 12.2. The Labute approximate surface area is 200 Å². The number of thiocarbonyl (C=S) groups is 1. The number of halogens is 1. The van der Waals surface area contributed by atoms with E-state index in [9.17, 15) is 5.11 Å². The lowest BCUT2D eigenvalue weighted by molar-refractivity contribution is -0.575. The highest BCUT2D eigenvalue weighted by atomic mass is 35.5. The van der Waals surface area contributed by atoms with Crippen molar-refractivity contribution in [3.8, 4) is 5.75 Å². The fraction of sp³-hybridized carbons (Fsp3) is 0.231. The maximum Gasteiger partial charge on any atom is 0.288 e. The van der Waals surface area contributed by atoms with Crippen LogP contribution in [-0.2, 0) is 5.41 Å². The Kier molecular flexibility index (Phi) is 7.54. The summed E-state index contributed by atoms with van der Waals surface area (Å²) in [6.07, 6.45) is 3.81. The maximum atomic E-state index is 11.2. The van der Waals surface area contributed by atoms with Gasteiger partial charge in [0.05, 0.1) is 6.61 Å². The number of ether oxygens (including phenoxy) is 1. The average molecular weight is 468 g/mol. The zero-order valence-electron chi connectivity index (χ0n) is 18.7. The molecule has 2 N–H and O–H groups in total. The van der Waals surface area contributed by atoms with Crippen molar-refractivity contribution in [1.82, 2.24) is 0 Å². The standard InChI is InChI=1S/C26H27ClN2O2S/c1-5-31-22-11-9-21(10-12-22)28-25(32)23(24(30)18-7-6-8-20(27)17-18)29-15-13-19(14-16-29)26(2,3)4/h6-17H,5H2,1-4H3,(H-,28,30,32)/p+1. The van der Waals surface area contributed by atoms with Gasteiger partial charge in [-0.15, -0.1) is 0 Å². The number of hydrogen-bond acceptors (Lipinski definition) is 3. The first-order chi connectivity index (χ1) is 15.2. The molecule has 0 atom stereocenters. The van der Waals surface area contributed by atoms with Crippen LogP contribution in [-0.4, -0.2) is 16.7 Å². The molecular weight excluding hydrogens is 440 g/mol. The van der Waals surface area contributed by atoms with Crippen molar-refractivity contribution in [3.05, 3.63) is 89.2 Å². The Morgan fingerprint density at radius 1 is 1.06 bits per heavy atom. The Morgan fingerprint density at radius 2 is 1.72 bits per heavy atom. The minimum atomic E-state index is 0.0129. The number of benzene rings is 2. The Hall–Kier alpha value is -2.89. The van der Waals surface area contributed by atoms with Crippen molar-refractivity contribution in [2.45, 2.75) is 33.1 Å². The van der Waals surface area contributed by atoms with E-state index in [4.69, 9.17) is 28.6 Å². The topological polar surface area (TPSA) is 45.4 Å². The van der Waals surface area contributed by atoms with Crippen LogP contribution < -0.4 is 14.6 Å². The number of nitrogens with zero attached hydrogens (tertiary/aromatic N) is 1. The fourth-order valence-corrected chi connectivity index (χ4v) is 3.70. The number of aliphatic hydroxyl groups is 1. The number of hydrogen-bond donors (Lipinski definition) is 2. The summed E-state index contributed by atoms with van der Waals surface area (Å²) in [4.78, 5) is 0.375. The number of aliphatic hydroxyl groups excluding tert-OH is 1. The van der Waals surface area contributed by atoms with Crippen LogP contribution in [0.15, 0.2) is 73.1 Å². The van der Waals surface area contributed by atoms with Gasteiger partial charge in [0.1, 0.15) is 5.75 Å². The number of pyridine rings is 1. The third kappa shape index (κ3) is 5.87. The largest absolute Gasteiger partial charge is 0.502 e. The van der Waals surface area contributed by atoms with Crippen LogP contribution in [0.1, 0.15) is 38.8 Å². The van der Waals surface area contributed by atoms with Crippen molar-refractivity contribution in [2.24, 2.45) is 0 Å². The summed E-state index contributed by atoms with van der Waals surface area (Å²) in [5.41, 5.74) is 3.02. The minimum absolute atomic E-state index is 0.0129. The molecular formula is C26H28ClN2O2S+. The molecule has 32 heavy (non-hydrogen) atoms. The predicted octanol–water partition coefficient (Wildman–Crippen LogP) is 6.65. The van der Waals surface area contributed by atoms with Gasteiger partial charge in [-0.1, -0.05) is 56.7 Å². The summed E-state index contributed by atoms with van der Waals surface area (Å²) in [7, 11) is 0. The zero-order chi connectivity index (χ0) is 23.3. The SMILES string of the molecule is CCOc1ccc(NC(=S)C(=C(O)c2cccc(Cl)c2)[n+]2ccc(C(C)(C)C)cc2)cc1. The lowest BCUT2D eigenvalue weighted by atomic mass is 9.88. The second-order valence-corrected chi connectivity index (χ2v) is 9.21. The molecule has 3 rings (SSSR count). The molecule has 0 unspecified atom stereocenters.